The Morgan fingerprint density at radius 2 is 1.70 bits per heavy atom. The number of methoxy groups -OCH3 is 1. The average molecular weight is 306 g/mol. The normalized spacial score (nSPS) is 9.65. The van der Waals surface area contributed by atoms with Crippen LogP contribution >= 0.6 is 0 Å². The highest BCUT2D eigenvalue weighted by atomic mass is 16.5. The maximum absolute atomic E-state index is 11.6. The molecule has 2 rings (SSSR count). The Balaban J connectivity index is 2.11. The predicted octanol–water partition coefficient (Wildman–Crippen LogP) is 3.39. The number of aryl methyl sites for hydroxylation is 1. The quantitative estimate of drug-likeness (QED) is 0.494. The third-order valence-corrected chi connectivity index (χ3v) is 3.45. The van der Waals surface area contributed by atoms with E-state index < -0.39 is 0 Å². The summed E-state index contributed by atoms with van der Waals surface area (Å²) < 4.78 is 4.62. The summed E-state index contributed by atoms with van der Waals surface area (Å²) in [6.45, 7) is 1.54. The molecule has 0 amide bonds. The molecule has 0 spiro atoms. The zero-order valence-corrected chi connectivity index (χ0v) is 13.3. The van der Waals surface area contributed by atoms with Crippen molar-refractivity contribution in [3.8, 4) is 11.8 Å². The van der Waals surface area contributed by atoms with Crippen LogP contribution in [-0.2, 0) is 16.0 Å². The molecule has 0 saturated carbocycles. The number of hydrogen-bond acceptors (Lipinski definition) is 3. The molecule has 0 fully saturated rings. The fourth-order valence-corrected chi connectivity index (χ4v) is 2.14. The van der Waals surface area contributed by atoms with Gasteiger partial charge < -0.3 is 4.74 Å². The molecule has 2 aromatic rings. The fraction of sp³-hybridized carbons (Fsp3) is 0.200. The summed E-state index contributed by atoms with van der Waals surface area (Å²) >= 11 is 0. The van der Waals surface area contributed by atoms with E-state index in [1.807, 2.05) is 42.5 Å². The van der Waals surface area contributed by atoms with E-state index >= 15 is 0 Å². The smallest absolute Gasteiger partial charge is 0.305 e. The number of rotatable bonds is 4. The summed E-state index contributed by atoms with van der Waals surface area (Å²) in [4.78, 5) is 22.7. The lowest BCUT2D eigenvalue weighted by Crippen LogP contribution is -2.01. The summed E-state index contributed by atoms with van der Waals surface area (Å²) in [5.74, 6) is 5.90. The van der Waals surface area contributed by atoms with Crippen LogP contribution in [0.4, 0.5) is 0 Å². The molecule has 3 nitrogen and oxygen atoms in total. The minimum Gasteiger partial charge on any atom is -0.469 e. The summed E-state index contributed by atoms with van der Waals surface area (Å²) in [5, 5.41) is 0. The van der Waals surface area contributed by atoms with Crippen molar-refractivity contribution >= 4 is 11.8 Å². The molecule has 0 bridgehead atoms. The van der Waals surface area contributed by atoms with Crippen LogP contribution in [0.3, 0.4) is 0 Å². The van der Waals surface area contributed by atoms with Crippen molar-refractivity contribution in [3.05, 3.63) is 70.8 Å². The van der Waals surface area contributed by atoms with E-state index in [9.17, 15) is 9.59 Å². The third kappa shape index (κ3) is 4.82. The van der Waals surface area contributed by atoms with Crippen LogP contribution in [0.1, 0.15) is 40.4 Å². The van der Waals surface area contributed by atoms with Gasteiger partial charge in [-0.15, -0.1) is 0 Å². The Morgan fingerprint density at radius 3 is 2.35 bits per heavy atom. The highest BCUT2D eigenvalue weighted by Crippen LogP contribution is 2.10. The van der Waals surface area contributed by atoms with Gasteiger partial charge in [-0.3, -0.25) is 9.59 Å². The third-order valence-electron chi connectivity index (χ3n) is 3.45. The molecule has 0 heterocycles. The van der Waals surface area contributed by atoms with E-state index in [4.69, 9.17) is 0 Å². The number of Topliss-reactive ketones (excluding diaryl/α,β-unsaturated/α-hetero) is 1. The van der Waals surface area contributed by atoms with Gasteiger partial charge in [0.05, 0.1) is 7.11 Å². The molecule has 3 heteroatoms. The summed E-state index contributed by atoms with van der Waals surface area (Å²) in [6, 6.07) is 15.0. The van der Waals surface area contributed by atoms with Gasteiger partial charge >= 0.3 is 5.97 Å². The molecular formula is C20H18O3. The molecular weight excluding hydrogens is 288 g/mol. The van der Waals surface area contributed by atoms with Crippen molar-refractivity contribution in [2.24, 2.45) is 0 Å². The number of hydrogen-bond donors (Lipinski definition) is 0. The van der Waals surface area contributed by atoms with Crippen molar-refractivity contribution in [1.82, 2.24) is 0 Å². The van der Waals surface area contributed by atoms with Crippen molar-refractivity contribution in [3.63, 3.8) is 0 Å². The fourth-order valence-electron chi connectivity index (χ4n) is 2.14. The molecule has 0 aromatic heterocycles. The molecule has 23 heavy (non-hydrogen) atoms. The maximum atomic E-state index is 11.6. The second-order valence-corrected chi connectivity index (χ2v) is 5.12. The van der Waals surface area contributed by atoms with Crippen LogP contribution in [0.15, 0.2) is 48.5 Å². The van der Waals surface area contributed by atoms with Crippen molar-refractivity contribution in [2.45, 2.75) is 19.8 Å². The Morgan fingerprint density at radius 1 is 1.00 bits per heavy atom. The first-order chi connectivity index (χ1) is 11.1. The maximum Gasteiger partial charge on any atom is 0.305 e. The molecule has 0 atom stereocenters. The Labute approximate surface area is 136 Å². The topological polar surface area (TPSA) is 43.4 Å². The number of ether oxygens (including phenoxy) is 1. The lowest BCUT2D eigenvalue weighted by Gasteiger charge is -2.01. The summed E-state index contributed by atoms with van der Waals surface area (Å²) in [6.07, 6.45) is 1.01. The number of carbonyl (C=O) groups excluding carboxylic acids is 2. The lowest BCUT2D eigenvalue weighted by atomic mass is 10.0. The first kappa shape index (κ1) is 16.5. The van der Waals surface area contributed by atoms with E-state index in [0.29, 0.717) is 18.4 Å². The van der Waals surface area contributed by atoms with Gasteiger partial charge in [0.15, 0.2) is 5.78 Å². The molecule has 0 saturated heterocycles. The average Bonchev–Trinajstić information content (AvgIpc) is 2.58. The predicted molar refractivity (Wildman–Crippen MR) is 89.2 cm³/mol. The van der Waals surface area contributed by atoms with E-state index in [1.165, 1.54) is 14.0 Å². The van der Waals surface area contributed by atoms with Crippen LogP contribution < -0.4 is 0 Å². The van der Waals surface area contributed by atoms with Crippen molar-refractivity contribution in [1.29, 1.82) is 0 Å². The molecule has 0 aliphatic heterocycles. The minimum absolute atomic E-state index is 0.00746. The van der Waals surface area contributed by atoms with E-state index in [1.54, 1.807) is 6.07 Å². The Bertz CT molecular complexity index is 761. The first-order valence-corrected chi connectivity index (χ1v) is 7.38. The second-order valence-electron chi connectivity index (χ2n) is 5.12. The van der Waals surface area contributed by atoms with Gasteiger partial charge in [-0.05, 0) is 37.1 Å². The van der Waals surface area contributed by atoms with Gasteiger partial charge in [0.2, 0.25) is 0 Å². The van der Waals surface area contributed by atoms with Crippen LogP contribution in [-0.4, -0.2) is 18.9 Å². The standard InChI is InChI=1S/C20H18O3/c1-15(21)19-6-4-3-5-18(19)13-11-16-7-9-17(10-8-16)12-14-20(22)23-2/h3-10H,12,14H2,1-2H3. The van der Waals surface area contributed by atoms with Crippen LogP contribution in [0.5, 0.6) is 0 Å². The second kappa shape index (κ2) is 7.95. The first-order valence-electron chi connectivity index (χ1n) is 7.38. The van der Waals surface area contributed by atoms with Crippen LogP contribution in [0.2, 0.25) is 0 Å². The molecule has 0 unspecified atom stereocenters. The van der Waals surface area contributed by atoms with Gasteiger partial charge in [0.25, 0.3) is 0 Å². The monoisotopic (exact) mass is 306 g/mol. The zero-order chi connectivity index (χ0) is 16.7. The number of esters is 1. The molecule has 0 aliphatic carbocycles. The summed E-state index contributed by atoms with van der Waals surface area (Å²) in [5.41, 5.74) is 3.29. The molecule has 116 valence electrons. The van der Waals surface area contributed by atoms with E-state index in [0.717, 1.165) is 16.7 Å². The largest absolute Gasteiger partial charge is 0.469 e. The number of benzene rings is 2. The molecule has 0 aliphatic rings. The minimum atomic E-state index is -0.213. The van der Waals surface area contributed by atoms with Gasteiger partial charge in [0.1, 0.15) is 0 Å². The Hall–Kier alpha value is -2.86. The van der Waals surface area contributed by atoms with E-state index in [2.05, 4.69) is 16.6 Å². The molecule has 0 N–H and O–H groups in total. The van der Waals surface area contributed by atoms with Gasteiger partial charge in [-0.1, -0.05) is 42.2 Å². The van der Waals surface area contributed by atoms with Gasteiger partial charge in [-0.25, -0.2) is 0 Å². The number of carbonyl (C=O) groups is 2. The van der Waals surface area contributed by atoms with Crippen LogP contribution in [0, 0.1) is 11.8 Å². The molecule has 0 radical (unpaired) electrons. The molecule has 2 aromatic carbocycles. The Kier molecular flexibility index (Phi) is 5.71. The van der Waals surface area contributed by atoms with E-state index in [-0.39, 0.29) is 11.8 Å². The van der Waals surface area contributed by atoms with Crippen LogP contribution in [0.25, 0.3) is 0 Å². The lowest BCUT2D eigenvalue weighted by molar-refractivity contribution is -0.140. The van der Waals surface area contributed by atoms with Gasteiger partial charge in [0, 0.05) is 23.1 Å². The van der Waals surface area contributed by atoms with Crippen molar-refractivity contribution in [2.75, 3.05) is 7.11 Å². The SMILES string of the molecule is COC(=O)CCc1ccc(C#Cc2ccccc2C(C)=O)cc1. The summed E-state index contributed by atoms with van der Waals surface area (Å²) in [7, 11) is 1.39. The van der Waals surface area contributed by atoms with Crippen molar-refractivity contribution < 1.29 is 14.3 Å². The van der Waals surface area contributed by atoms with Gasteiger partial charge in [-0.2, -0.15) is 0 Å². The zero-order valence-electron chi connectivity index (χ0n) is 13.3. The highest BCUT2D eigenvalue weighted by molar-refractivity contribution is 5.96. The number of ketones is 1. The highest BCUT2D eigenvalue weighted by Gasteiger charge is 2.03.